The summed E-state index contributed by atoms with van der Waals surface area (Å²) in [6.07, 6.45) is 4.56. The average molecular weight is 295 g/mol. The highest BCUT2D eigenvalue weighted by Crippen LogP contribution is 2.23. The Balaban J connectivity index is 1.77. The van der Waals surface area contributed by atoms with Crippen LogP contribution < -0.4 is 5.32 Å². The van der Waals surface area contributed by atoms with Gasteiger partial charge in [-0.15, -0.1) is 0 Å². The molecule has 1 saturated heterocycles. The van der Waals surface area contributed by atoms with E-state index in [1.807, 2.05) is 6.26 Å². The molecule has 0 spiro atoms. The molecule has 21 heavy (non-hydrogen) atoms. The first-order valence-electron chi connectivity index (χ1n) is 7.90. The molecule has 0 radical (unpaired) electrons. The molecule has 1 aliphatic heterocycles. The standard InChI is InChI=1S/C17H29NO3/c1-12-6-15(7-13(2)21-12)20-11-16-8-14(10-19-16)9-18-17(3,4)5/h8,10,12-13,15,18H,6-7,9,11H2,1-5H3. The second-order valence-corrected chi connectivity index (χ2v) is 7.19. The zero-order valence-electron chi connectivity index (χ0n) is 13.9. The number of ether oxygens (including phenoxy) is 2. The van der Waals surface area contributed by atoms with Crippen molar-refractivity contribution in [2.75, 3.05) is 0 Å². The molecule has 2 heterocycles. The van der Waals surface area contributed by atoms with Gasteiger partial charge >= 0.3 is 0 Å². The van der Waals surface area contributed by atoms with E-state index >= 15 is 0 Å². The first-order chi connectivity index (χ1) is 9.82. The van der Waals surface area contributed by atoms with Gasteiger partial charge in [0.15, 0.2) is 0 Å². The molecule has 0 saturated carbocycles. The fourth-order valence-corrected chi connectivity index (χ4v) is 2.64. The molecule has 2 unspecified atom stereocenters. The normalized spacial score (nSPS) is 27.0. The number of rotatable bonds is 5. The van der Waals surface area contributed by atoms with E-state index in [4.69, 9.17) is 13.9 Å². The van der Waals surface area contributed by atoms with E-state index in [2.05, 4.69) is 46.0 Å². The maximum Gasteiger partial charge on any atom is 0.129 e. The molecule has 0 aliphatic carbocycles. The zero-order chi connectivity index (χ0) is 15.5. The summed E-state index contributed by atoms with van der Waals surface area (Å²) in [5.41, 5.74) is 1.28. The van der Waals surface area contributed by atoms with Crippen molar-refractivity contribution in [1.29, 1.82) is 0 Å². The number of furan rings is 1. The molecular formula is C17H29NO3. The molecule has 4 nitrogen and oxygen atoms in total. The Labute approximate surface area is 128 Å². The van der Waals surface area contributed by atoms with Gasteiger partial charge in [-0.1, -0.05) is 0 Å². The van der Waals surface area contributed by atoms with E-state index in [1.165, 1.54) is 0 Å². The molecule has 1 aromatic rings. The second kappa shape index (κ2) is 6.95. The smallest absolute Gasteiger partial charge is 0.129 e. The summed E-state index contributed by atoms with van der Waals surface area (Å²) >= 11 is 0. The first kappa shape index (κ1) is 16.5. The van der Waals surface area contributed by atoms with Crippen molar-refractivity contribution < 1.29 is 13.9 Å². The lowest BCUT2D eigenvalue weighted by Gasteiger charge is -2.31. The van der Waals surface area contributed by atoms with Gasteiger partial charge in [0.05, 0.1) is 24.6 Å². The Morgan fingerprint density at radius 3 is 2.52 bits per heavy atom. The largest absolute Gasteiger partial charge is 0.467 e. The molecule has 1 fully saturated rings. The zero-order valence-corrected chi connectivity index (χ0v) is 13.9. The minimum absolute atomic E-state index is 0.113. The van der Waals surface area contributed by atoms with Crippen LogP contribution in [0.25, 0.3) is 0 Å². The third-order valence-electron chi connectivity index (χ3n) is 3.65. The van der Waals surface area contributed by atoms with Gasteiger partial charge in [0.2, 0.25) is 0 Å². The van der Waals surface area contributed by atoms with Crippen molar-refractivity contribution in [2.24, 2.45) is 0 Å². The van der Waals surface area contributed by atoms with Gasteiger partial charge in [0.1, 0.15) is 12.4 Å². The Hall–Kier alpha value is -0.840. The molecule has 1 aromatic heterocycles. The third-order valence-corrected chi connectivity index (χ3v) is 3.65. The van der Waals surface area contributed by atoms with E-state index < -0.39 is 0 Å². The fourth-order valence-electron chi connectivity index (χ4n) is 2.64. The number of hydrogen-bond donors (Lipinski definition) is 1. The molecule has 0 amide bonds. The van der Waals surface area contributed by atoms with E-state index in [0.717, 1.165) is 30.7 Å². The first-order valence-corrected chi connectivity index (χ1v) is 7.90. The quantitative estimate of drug-likeness (QED) is 0.900. The summed E-state index contributed by atoms with van der Waals surface area (Å²) in [5.74, 6) is 0.896. The van der Waals surface area contributed by atoms with Crippen LogP contribution in [0.15, 0.2) is 16.7 Å². The van der Waals surface area contributed by atoms with Crippen molar-refractivity contribution in [1.82, 2.24) is 5.32 Å². The maximum absolute atomic E-state index is 5.97. The Kier molecular flexibility index (Phi) is 5.47. The molecule has 2 rings (SSSR count). The van der Waals surface area contributed by atoms with Gasteiger partial charge in [0, 0.05) is 17.6 Å². The van der Waals surface area contributed by atoms with Crippen LogP contribution >= 0.6 is 0 Å². The second-order valence-electron chi connectivity index (χ2n) is 7.19. The summed E-state index contributed by atoms with van der Waals surface area (Å²) in [6.45, 7) is 12.0. The van der Waals surface area contributed by atoms with Gasteiger partial charge in [-0.2, -0.15) is 0 Å². The topological polar surface area (TPSA) is 43.6 Å². The SMILES string of the molecule is CC1CC(OCc2cc(CNC(C)(C)C)co2)CC(C)O1. The number of hydrogen-bond acceptors (Lipinski definition) is 4. The number of nitrogens with one attached hydrogen (secondary N) is 1. The van der Waals surface area contributed by atoms with Crippen molar-refractivity contribution >= 4 is 0 Å². The highest BCUT2D eigenvalue weighted by molar-refractivity contribution is 5.12. The van der Waals surface area contributed by atoms with Crippen LogP contribution in [0, 0.1) is 0 Å². The van der Waals surface area contributed by atoms with Crippen LogP contribution in [0.5, 0.6) is 0 Å². The summed E-state index contributed by atoms with van der Waals surface area (Å²) < 4.78 is 17.3. The molecule has 1 N–H and O–H groups in total. The predicted molar refractivity (Wildman–Crippen MR) is 83.1 cm³/mol. The molecule has 1 aliphatic rings. The summed E-state index contributed by atoms with van der Waals surface area (Å²) in [6, 6.07) is 2.07. The Morgan fingerprint density at radius 2 is 1.90 bits per heavy atom. The van der Waals surface area contributed by atoms with Crippen LogP contribution in [-0.2, 0) is 22.6 Å². The molecule has 120 valence electrons. The van der Waals surface area contributed by atoms with E-state index in [1.54, 1.807) is 0 Å². The lowest BCUT2D eigenvalue weighted by molar-refractivity contribution is -0.108. The van der Waals surface area contributed by atoms with Gasteiger partial charge in [0.25, 0.3) is 0 Å². The molecule has 0 aromatic carbocycles. The van der Waals surface area contributed by atoms with E-state index in [9.17, 15) is 0 Å². The van der Waals surface area contributed by atoms with Crippen LogP contribution in [0.2, 0.25) is 0 Å². The van der Waals surface area contributed by atoms with E-state index in [-0.39, 0.29) is 23.9 Å². The van der Waals surface area contributed by atoms with Crippen LogP contribution in [0.3, 0.4) is 0 Å². The van der Waals surface area contributed by atoms with E-state index in [0.29, 0.717) is 6.61 Å². The molecule has 0 bridgehead atoms. The van der Waals surface area contributed by atoms with Crippen molar-refractivity contribution in [2.45, 2.75) is 84.5 Å². The fraction of sp³-hybridized carbons (Fsp3) is 0.765. The molecule has 4 heteroatoms. The lowest BCUT2D eigenvalue weighted by Crippen LogP contribution is -2.34. The Bertz CT molecular complexity index is 425. The van der Waals surface area contributed by atoms with Crippen molar-refractivity contribution in [3.63, 3.8) is 0 Å². The lowest BCUT2D eigenvalue weighted by atomic mass is 10.0. The monoisotopic (exact) mass is 295 g/mol. The van der Waals surface area contributed by atoms with Gasteiger partial charge < -0.3 is 19.2 Å². The van der Waals surface area contributed by atoms with Gasteiger partial charge in [-0.3, -0.25) is 0 Å². The van der Waals surface area contributed by atoms with Crippen LogP contribution in [0.1, 0.15) is 58.8 Å². The third kappa shape index (κ3) is 5.81. The highest BCUT2D eigenvalue weighted by atomic mass is 16.5. The summed E-state index contributed by atoms with van der Waals surface area (Å²) in [7, 11) is 0. The van der Waals surface area contributed by atoms with Gasteiger partial charge in [-0.05, 0) is 53.5 Å². The molecule has 2 atom stereocenters. The van der Waals surface area contributed by atoms with Crippen LogP contribution in [-0.4, -0.2) is 23.9 Å². The summed E-state index contributed by atoms with van der Waals surface area (Å²) in [5, 5.41) is 3.45. The average Bonchev–Trinajstić information content (AvgIpc) is 2.80. The predicted octanol–water partition coefficient (Wildman–Crippen LogP) is 3.64. The van der Waals surface area contributed by atoms with Crippen LogP contribution in [0.4, 0.5) is 0 Å². The highest BCUT2D eigenvalue weighted by Gasteiger charge is 2.25. The van der Waals surface area contributed by atoms with Crippen molar-refractivity contribution in [3.8, 4) is 0 Å². The van der Waals surface area contributed by atoms with Crippen molar-refractivity contribution in [3.05, 3.63) is 23.7 Å². The maximum atomic E-state index is 5.97. The Morgan fingerprint density at radius 1 is 1.24 bits per heavy atom. The molecular weight excluding hydrogens is 266 g/mol. The summed E-state index contributed by atoms with van der Waals surface area (Å²) in [4.78, 5) is 0. The van der Waals surface area contributed by atoms with Gasteiger partial charge in [-0.25, -0.2) is 0 Å². The minimum Gasteiger partial charge on any atom is -0.467 e. The minimum atomic E-state index is 0.113.